The minimum Gasteiger partial charge on any atom is -0.452 e. The third kappa shape index (κ3) is 3.73. The van der Waals surface area contributed by atoms with E-state index in [9.17, 15) is 9.59 Å². The van der Waals surface area contributed by atoms with Gasteiger partial charge < -0.3 is 9.15 Å². The molecule has 0 atom stereocenters. The number of rotatable bonds is 5. The van der Waals surface area contributed by atoms with Crippen molar-refractivity contribution in [2.24, 2.45) is 0 Å². The first-order chi connectivity index (χ1) is 13.7. The van der Waals surface area contributed by atoms with Gasteiger partial charge in [0.2, 0.25) is 5.89 Å². The van der Waals surface area contributed by atoms with Gasteiger partial charge in [-0.2, -0.15) is 0 Å². The second-order valence-corrected chi connectivity index (χ2v) is 5.93. The van der Waals surface area contributed by atoms with Crippen molar-refractivity contribution in [2.45, 2.75) is 0 Å². The number of nitrogens with one attached hydrogen (secondary N) is 1. The van der Waals surface area contributed by atoms with E-state index in [2.05, 4.69) is 15.5 Å². The molecule has 0 bridgehead atoms. The Labute approximate surface area is 160 Å². The first kappa shape index (κ1) is 17.4. The number of fused-ring (bicyclic) bond motifs is 1. The summed E-state index contributed by atoms with van der Waals surface area (Å²) >= 11 is 0. The van der Waals surface area contributed by atoms with Crippen molar-refractivity contribution < 1.29 is 18.7 Å². The normalized spacial score (nSPS) is 10.6. The van der Waals surface area contributed by atoms with Crippen molar-refractivity contribution in [3.8, 4) is 11.5 Å². The molecule has 0 aliphatic rings. The highest BCUT2D eigenvalue weighted by molar-refractivity contribution is 6.05. The fourth-order valence-electron chi connectivity index (χ4n) is 2.74. The molecule has 4 rings (SSSR count). The Morgan fingerprint density at radius 3 is 2.50 bits per heavy atom. The molecule has 0 unspecified atom stereocenters. The van der Waals surface area contributed by atoms with Crippen molar-refractivity contribution in [1.29, 1.82) is 0 Å². The molecule has 7 heteroatoms. The number of aromatic nitrogens is 2. The van der Waals surface area contributed by atoms with Crippen LogP contribution in [0.3, 0.4) is 0 Å². The van der Waals surface area contributed by atoms with E-state index in [0.717, 1.165) is 16.3 Å². The van der Waals surface area contributed by atoms with Gasteiger partial charge >= 0.3 is 12.0 Å². The third-order valence-corrected chi connectivity index (χ3v) is 4.04. The maximum absolute atomic E-state index is 12.4. The monoisotopic (exact) mass is 373 g/mol. The van der Waals surface area contributed by atoms with E-state index in [-0.39, 0.29) is 11.9 Å². The molecule has 28 heavy (non-hydrogen) atoms. The van der Waals surface area contributed by atoms with Crippen molar-refractivity contribution in [1.82, 2.24) is 10.2 Å². The van der Waals surface area contributed by atoms with Gasteiger partial charge in [0, 0.05) is 5.56 Å². The van der Waals surface area contributed by atoms with E-state index >= 15 is 0 Å². The summed E-state index contributed by atoms with van der Waals surface area (Å²) in [7, 11) is 0. The van der Waals surface area contributed by atoms with Gasteiger partial charge in [0.15, 0.2) is 6.61 Å². The summed E-state index contributed by atoms with van der Waals surface area (Å²) in [4.78, 5) is 24.4. The second-order valence-electron chi connectivity index (χ2n) is 5.93. The molecule has 1 heterocycles. The van der Waals surface area contributed by atoms with Gasteiger partial charge in [-0.05, 0) is 29.0 Å². The van der Waals surface area contributed by atoms with Crippen molar-refractivity contribution in [3.05, 3.63) is 78.4 Å². The fourth-order valence-corrected chi connectivity index (χ4v) is 2.74. The van der Waals surface area contributed by atoms with Crippen LogP contribution in [-0.2, 0) is 9.53 Å². The zero-order valence-electron chi connectivity index (χ0n) is 14.7. The Morgan fingerprint density at radius 2 is 1.64 bits per heavy atom. The summed E-state index contributed by atoms with van der Waals surface area (Å²) in [5, 5.41) is 11.7. The molecule has 4 aromatic rings. The molecule has 0 saturated carbocycles. The van der Waals surface area contributed by atoms with Gasteiger partial charge in [-0.1, -0.05) is 59.7 Å². The van der Waals surface area contributed by atoms with Crippen LogP contribution in [0.15, 0.2) is 77.2 Å². The zero-order chi connectivity index (χ0) is 19.3. The number of hydrogen-bond acceptors (Lipinski definition) is 6. The number of esters is 1. The maximum atomic E-state index is 12.4. The van der Waals surface area contributed by atoms with Gasteiger partial charge in [-0.25, -0.2) is 4.79 Å². The van der Waals surface area contributed by atoms with E-state index < -0.39 is 18.5 Å². The van der Waals surface area contributed by atoms with Gasteiger partial charge in [-0.15, -0.1) is 5.10 Å². The predicted octanol–water partition coefficient (Wildman–Crippen LogP) is 3.69. The van der Waals surface area contributed by atoms with Gasteiger partial charge in [-0.3, -0.25) is 10.1 Å². The molecule has 1 amide bonds. The van der Waals surface area contributed by atoms with E-state index in [1.165, 1.54) is 0 Å². The lowest BCUT2D eigenvalue weighted by molar-refractivity contribution is -0.119. The van der Waals surface area contributed by atoms with E-state index in [4.69, 9.17) is 9.15 Å². The molecule has 0 saturated heterocycles. The highest BCUT2D eigenvalue weighted by Crippen LogP contribution is 2.20. The molecule has 0 aliphatic carbocycles. The molecular formula is C21H15N3O4. The lowest BCUT2D eigenvalue weighted by Gasteiger charge is -2.07. The molecule has 0 radical (unpaired) electrons. The maximum Gasteiger partial charge on any atom is 0.339 e. The minimum absolute atomic E-state index is 0.0648. The van der Waals surface area contributed by atoms with Crippen molar-refractivity contribution in [3.63, 3.8) is 0 Å². The summed E-state index contributed by atoms with van der Waals surface area (Å²) in [6, 6.07) is 21.9. The molecular weight excluding hydrogens is 358 g/mol. The molecule has 3 aromatic carbocycles. The Hall–Kier alpha value is -4.00. The van der Waals surface area contributed by atoms with Crippen LogP contribution in [0.5, 0.6) is 0 Å². The summed E-state index contributed by atoms with van der Waals surface area (Å²) in [6.45, 7) is -0.467. The lowest BCUT2D eigenvalue weighted by Crippen LogP contribution is -2.21. The molecule has 0 fully saturated rings. The SMILES string of the molecule is O=C(COC(=O)c1cccc2ccccc12)Nc1nnc(-c2ccccc2)o1. The van der Waals surface area contributed by atoms with E-state index in [0.29, 0.717) is 5.56 Å². The second kappa shape index (κ2) is 7.71. The number of benzene rings is 3. The van der Waals surface area contributed by atoms with Gasteiger partial charge in [0.25, 0.3) is 5.91 Å². The highest BCUT2D eigenvalue weighted by atomic mass is 16.5. The van der Waals surface area contributed by atoms with Crippen molar-refractivity contribution >= 4 is 28.7 Å². The molecule has 1 N–H and O–H groups in total. The average molecular weight is 373 g/mol. The number of carbonyl (C=O) groups is 2. The van der Waals surface area contributed by atoms with Crippen molar-refractivity contribution in [2.75, 3.05) is 11.9 Å². The van der Waals surface area contributed by atoms with Crippen LogP contribution in [0.25, 0.3) is 22.2 Å². The minimum atomic E-state index is -0.581. The van der Waals surface area contributed by atoms with Gasteiger partial charge in [0.05, 0.1) is 5.56 Å². The number of anilines is 1. The van der Waals surface area contributed by atoms with Crippen LogP contribution in [-0.4, -0.2) is 28.7 Å². The number of nitrogens with zero attached hydrogens (tertiary/aromatic N) is 2. The van der Waals surface area contributed by atoms with Gasteiger partial charge in [0.1, 0.15) is 0 Å². The van der Waals surface area contributed by atoms with E-state index in [1.807, 2.05) is 60.7 Å². The van der Waals surface area contributed by atoms with E-state index in [1.54, 1.807) is 12.1 Å². The first-order valence-corrected chi connectivity index (χ1v) is 8.54. The van der Waals surface area contributed by atoms with Crippen LogP contribution >= 0.6 is 0 Å². The third-order valence-electron chi connectivity index (χ3n) is 4.04. The van der Waals surface area contributed by atoms with Crippen LogP contribution in [0.4, 0.5) is 6.01 Å². The molecule has 0 spiro atoms. The number of hydrogen-bond donors (Lipinski definition) is 1. The smallest absolute Gasteiger partial charge is 0.339 e. The standard InChI is InChI=1S/C21H15N3O4/c25-18(22-21-24-23-19(28-21)15-8-2-1-3-9-15)13-27-20(26)17-12-6-10-14-7-4-5-11-16(14)17/h1-12H,13H2,(H,22,24,25). The Kier molecular flexibility index (Phi) is 4.79. The number of ether oxygens (including phenoxy) is 1. The number of carbonyl (C=O) groups excluding carboxylic acids is 2. The Morgan fingerprint density at radius 1 is 0.893 bits per heavy atom. The summed E-state index contributed by atoms with van der Waals surface area (Å²) < 4.78 is 10.5. The fraction of sp³-hybridized carbons (Fsp3) is 0.0476. The topological polar surface area (TPSA) is 94.3 Å². The Balaban J connectivity index is 1.38. The first-order valence-electron chi connectivity index (χ1n) is 8.54. The summed E-state index contributed by atoms with van der Waals surface area (Å²) in [6.07, 6.45) is 0. The zero-order valence-corrected chi connectivity index (χ0v) is 14.7. The molecule has 1 aromatic heterocycles. The predicted molar refractivity (Wildman–Crippen MR) is 103 cm³/mol. The molecule has 138 valence electrons. The molecule has 7 nitrogen and oxygen atoms in total. The Bertz CT molecular complexity index is 1130. The summed E-state index contributed by atoms with van der Waals surface area (Å²) in [5.74, 6) is -0.872. The lowest BCUT2D eigenvalue weighted by atomic mass is 10.1. The largest absolute Gasteiger partial charge is 0.452 e. The molecule has 0 aliphatic heterocycles. The average Bonchev–Trinajstić information content (AvgIpc) is 3.20. The highest BCUT2D eigenvalue weighted by Gasteiger charge is 2.15. The quantitative estimate of drug-likeness (QED) is 0.536. The summed E-state index contributed by atoms with van der Waals surface area (Å²) in [5.41, 5.74) is 1.13. The van der Waals surface area contributed by atoms with Crippen LogP contribution in [0.2, 0.25) is 0 Å². The van der Waals surface area contributed by atoms with Crippen LogP contribution in [0.1, 0.15) is 10.4 Å². The number of amides is 1. The van der Waals surface area contributed by atoms with Crippen LogP contribution in [0, 0.1) is 0 Å². The van der Waals surface area contributed by atoms with Crippen LogP contribution < -0.4 is 5.32 Å².